The molecule has 114 valence electrons. The lowest BCUT2D eigenvalue weighted by molar-refractivity contribution is -0.0521. The average Bonchev–Trinajstić information content (AvgIpc) is 2.87. The van der Waals surface area contributed by atoms with Crippen LogP contribution in [0.3, 0.4) is 0 Å². The lowest BCUT2D eigenvalue weighted by Crippen LogP contribution is -2.09. The van der Waals surface area contributed by atoms with Gasteiger partial charge in [0, 0.05) is 30.7 Å². The van der Waals surface area contributed by atoms with Gasteiger partial charge in [-0.25, -0.2) is 9.37 Å². The molecule has 2 rings (SSSR count). The second kappa shape index (κ2) is 7.01. The van der Waals surface area contributed by atoms with Crippen molar-refractivity contribution in [3.63, 3.8) is 0 Å². The van der Waals surface area contributed by atoms with Crippen LogP contribution in [0.15, 0.2) is 30.6 Å². The van der Waals surface area contributed by atoms with Crippen LogP contribution in [0.4, 0.5) is 18.9 Å². The maximum Gasteiger partial charge on any atom is 0.387 e. The van der Waals surface area contributed by atoms with Crippen LogP contribution in [0, 0.1) is 5.82 Å². The minimum absolute atomic E-state index is 0.418. The van der Waals surface area contributed by atoms with E-state index in [2.05, 4.69) is 22.0 Å². The van der Waals surface area contributed by atoms with Crippen molar-refractivity contribution in [1.29, 1.82) is 0 Å². The Bertz CT molecular complexity index is 587. The Morgan fingerprint density at radius 3 is 2.86 bits per heavy atom. The van der Waals surface area contributed by atoms with E-state index in [0.717, 1.165) is 24.9 Å². The summed E-state index contributed by atoms with van der Waals surface area (Å²) in [4.78, 5) is 4.21. The Labute approximate surface area is 120 Å². The predicted octanol–water partition coefficient (Wildman–Crippen LogP) is 3.65. The number of nitrogens with one attached hydrogen (secondary N) is 1. The molecule has 0 atom stereocenters. The van der Waals surface area contributed by atoms with Gasteiger partial charge in [0.25, 0.3) is 0 Å². The van der Waals surface area contributed by atoms with Gasteiger partial charge >= 0.3 is 6.61 Å². The molecule has 0 bridgehead atoms. The van der Waals surface area contributed by atoms with Crippen LogP contribution in [0.1, 0.15) is 19.2 Å². The topological polar surface area (TPSA) is 39.1 Å². The second-order valence-corrected chi connectivity index (χ2v) is 4.41. The Hall–Kier alpha value is -2.18. The lowest BCUT2D eigenvalue weighted by Gasteiger charge is -2.10. The minimum atomic E-state index is -3.04. The number of ether oxygens (including phenoxy) is 1. The molecule has 7 heteroatoms. The molecule has 21 heavy (non-hydrogen) atoms. The maximum atomic E-state index is 13.6. The van der Waals surface area contributed by atoms with Gasteiger partial charge in [0.2, 0.25) is 0 Å². The average molecular weight is 299 g/mol. The third-order valence-electron chi connectivity index (χ3n) is 2.86. The van der Waals surface area contributed by atoms with Gasteiger partial charge in [-0.3, -0.25) is 0 Å². The fraction of sp³-hybridized carbons (Fsp3) is 0.357. The molecule has 0 spiro atoms. The van der Waals surface area contributed by atoms with E-state index in [1.807, 2.05) is 10.8 Å². The van der Waals surface area contributed by atoms with Gasteiger partial charge in [-0.2, -0.15) is 8.78 Å². The molecule has 0 saturated heterocycles. The molecule has 1 aromatic carbocycles. The van der Waals surface area contributed by atoms with Crippen molar-refractivity contribution in [2.75, 3.05) is 5.32 Å². The third kappa shape index (κ3) is 4.14. The molecule has 0 amide bonds. The van der Waals surface area contributed by atoms with E-state index < -0.39 is 18.2 Å². The van der Waals surface area contributed by atoms with E-state index in [1.165, 1.54) is 12.1 Å². The minimum Gasteiger partial charge on any atom is -0.432 e. The molecular weight excluding hydrogens is 283 g/mol. The van der Waals surface area contributed by atoms with Crippen LogP contribution >= 0.6 is 0 Å². The number of aromatic nitrogens is 2. The fourth-order valence-electron chi connectivity index (χ4n) is 1.94. The van der Waals surface area contributed by atoms with Crippen molar-refractivity contribution < 1.29 is 17.9 Å². The summed E-state index contributed by atoms with van der Waals surface area (Å²) >= 11 is 0. The first kappa shape index (κ1) is 15.2. The van der Waals surface area contributed by atoms with E-state index >= 15 is 0 Å². The van der Waals surface area contributed by atoms with Gasteiger partial charge in [-0.1, -0.05) is 6.92 Å². The Morgan fingerprint density at radius 2 is 2.19 bits per heavy atom. The molecule has 0 fully saturated rings. The van der Waals surface area contributed by atoms with Gasteiger partial charge in [-0.05, 0) is 18.6 Å². The molecule has 2 aromatic rings. The quantitative estimate of drug-likeness (QED) is 0.848. The zero-order valence-corrected chi connectivity index (χ0v) is 11.5. The van der Waals surface area contributed by atoms with Crippen molar-refractivity contribution in [1.82, 2.24) is 9.55 Å². The number of aryl methyl sites for hydroxylation is 1. The van der Waals surface area contributed by atoms with E-state index in [0.29, 0.717) is 12.2 Å². The summed E-state index contributed by atoms with van der Waals surface area (Å²) < 4.78 is 43.7. The van der Waals surface area contributed by atoms with E-state index in [-0.39, 0.29) is 0 Å². The largest absolute Gasteiger partial charge is 0.432 e. The highest BCUT2D eigenvalue weighted by atomic mass is 19.3. The highest BCUT2D eigenvalue weighted by Gasteiger charge is 2.10. The van der Waals surface area contributed by atoms with Crippen molar-refractivity contribution in [3.05, 3.63) is 42.2 Å². The van der Waals surface area contributed by atoms with Gasteiger partial charge in [0.05, 0.1) is 6.54 Å². The first-order chi connectivity index (χ1) is 10.1. The summed E-state index contributed by atoms with van der Waals surface area (Å²) in [5.74, 6) is -0.481. The highest BCUT2D eigenvalue weighted by Crippen LogP contribution is 2.23. The number of benzene rings is 1. The normalized spacial score (nSPS) is 10.9. The molecule has 0 aliphatic heterocycles. The molecule has 0 aliphatic rings. The molecule has 0 unspecified atom stereocenters. The summed E-state index contributed by atoms with van der Waals surface area (Å²) in [6.07, 6.45) is 4.56. The summed E-state index contributed by atoms with van der Waals surface area (Å²) in [5.41, 5.74) is 0.472. The molecule has 1 heterocycles. The standard InChI is InChI=1S/C14H16F3N3O/c1-2-6-20-7-5-18-13(20)9-19-10-3-4-12(11(15)8-10)21-14(16)17/h3-5,7-8,14,19H,2,6,9H2,1H3. The molecular formula is C14H16F3N3O. The maximum absolute atomic E-state index is 13.6. The van der Waals surface area contributed by atoms with Crippen molar-refractivity contribution >= 4 is 5.69 Å². The smallest absolute Gasteiger partial charge is 0.387 e. The van der Waals surface area contributed by atoms with Gasteiger partial charge < -0.3 is 14.6 Å². The van der Waals surface area contributed by atoms with Crippen LogP contribution in [-0.4, -0.2) is 16.2 Å². The molecule has 1 aromatic heterocycles. The number of hydrogen-bond donors (Lipinski definition) is 1. The number of hydrogen-bond acceptors (Lipinski definition) is 3. The number of halogens is 3. The van der Waals surface area contributed by atoms with Crippen LogP contribution in [0.2, 0.25) is 0 Å². The molecule has 1 N–H and O–H groups in total. The zero-order valence-electron chi connectivity index (χ0n) is 11.5. The van der Waals surface area contributed by atoms with Crippen LogP contribution in [-0.2, 0) is 13.1 Å². The van der Waals surface area contributed by atoms with Crippen molar-refractivity contribution in [2.45, 2.75) is 33.0 Å². The SMILES string of the molecule is CCCn1ccnc1CNc1ccc(OC(F)F)c(F)c1. The predicted molar refractivity (Wildman–Crippen MR) is 72.9 cm³/mol. The van der Waals surface area contributed by atoms with E-state index in [1.54, 1.807) is 6.20 Å². The summed E-state index contributed by atoms with van der Waals surface area (Å²) in [7, 11) is 0. The third-order valence-corrected chi connectivity index (χ3v) is 2.86. The summed E-state index contributed by atoms with van der Waals surface area (Å²) in [6.45, 7) is 0.294. The number of rotatable bonds is 7. The Morgan fingerprint density at radius 1 is 1.38 bits per heavy atom. The van der Waals surface area contributed by atoms with Gasteiger partial charge in [0.15, 0.2) is 11.6 Å². The monoisotopic (exact) mass is 299 g/mol. The van der Waals surface area contributed by atoms with Crippen LogP contribution < -0.4 is 10.1 Å². The van der Waals surface area contributed by atoms with Gasteiger partial charge in [0.1, 0.15) is 5.82 Å². The lowest BCUT2D eigenvalue weighted by atomic mass is 10.3. The number of nitrogens with zero attached hydrogens (tertiary/aromatic N) is 2. The Kier molecular flexibility index (Phi) is 5.08. The number of anilines is 1. The van der Waals surface area contributed by atoms with Crippen molar-refractivity contribution in [2.24, 2.45) is 0 Å². The number of imidazole rings is 1. The first-order valence-corrected chi connectivity index (χ1v) is 6.58. The first-order valence-electron chi connectivity index (χ1n) is 6.58. The molecule has 0 aliphatic carbocycles. The Balaban J connectivity index is 2.00. The summed E-state index contributed by atoms with van der Waals surface area (Å²) in [6, 6.07) is 3.76. The summed E-state index contributed by atoms with van der Waals surface area (Å²) in [5, 5.41) is 3.00. The molecule has 4 nitrogen and oxygen atoms in total. The number of alkyl halides is 2. The molecule has 0 saturated carbocycles. The van der Waals surface area contributed by atoms with E-state index in [9.17, 15) is 13.2 Å². The van der Waals surface area contributed by atoms with Gasteiger partial charge in [-0.15, -0.1) is 0 Å². The zero-order chi connectivity index (χ0) is 15.2. The van der Waals surface area contributed by atoms with Crippen LogP contribution in [0.5, 0.6) is 5.75 Å². The molecule has 0 radical (unpaired) electrons. The highest BCUT2D eigenvalue weighted by molar-refractivity contribution is 5.47. The second-order valence-electron chi connectivity index (χ2n) is 4.41. The van der Waals surface area contributed by atoms with E-state index in [4.69, 9.17) is 0 Å². The van der Waals surface area contributed by atoms with Crippen molar-refractivity contribution in [3.8, 4) is 5.75 Å². The fourth-order valence-corrected chi connectivity index (χ4v) is 1.94. The van der Waals surface area contributed by atoms with Crippen LogP contribution in [0.25, 0.3) is 0 Å².